The van der Waals surface area contributed by atoms with E-state index < -0.39 is 0 Å². The topological polar surface area (TPSA) is 46.0 Å². The van der Waals surface area contributed by atoms with Gasteiger partial charge in [-0.2, -0.15) is 0 Å². The normalized spacial score (nSPS) is 10.8. The number of hydrogen-bond acceptors (Lipinski definition) is 4. The van der Waals surface area contributed by atoms with Gasteiger partial charge < -0.3 is 14.8 Å². The lowest BCUT2D eigenvalue weighted by molar-refractivity contribution is 0.710. The van der Waals surface area contributed by atoms with Crippen molar-refractivity contribution in [2.24, 2.45) is 7.05 Å². The lowest BCUT2D eigenvalue weighted by Crippen LogP contribution is -2.23. The SMILES string of the molecule is CCNCc1cc(Br)cnc1N(C)Cc1nccn1C. The van der Waals surface area contributed by atoms with Crippen molar-refractivity contribution >= 4 is 21.7 Å². The van der Waals surface area contributed by atoms with E-state index in [4.69, 9.17) is 0 Å². The van der Waals surface area contributed by atoms with Crippen LogP contribution in [-0.4, -0.2) is 28.1 Å². The number of imidazole rings is 1. The zero-order valence-electron chi connectivity index (χ0n) is 12.1. The molecule has 0 aliphatic carbocycles. The van der Waals surface area contributed by atoms with Crippen LogP contribution in [0, 0.1) is 0 Å². The summed E-state index contributed by atoms with van der Waals surface area (Å²) < 4.78 is 3.03. The fourth-order valence-corrected chi connectivity index (χ4v) is 2.42. The lowest BCUT2D eigenvalue weighted by atomic mass is 10.2. The Labute approximate surface area is 128 Å². The molecule has 0 saturated heterocycles. The van der Waals surface area contributed by atoms with Crippen molar-refractivity contribution < 1.29 is 0 Å². The van der Waals surface area contributed by atoms with Crippen LogP contribution in [0.25, 0.3) is 0 Å². The summed E-state index contributed by atoms with van der Waals surface area (Å²) in [4.78, 5) is 11.0. The Morgan fingerprint density at radius 1 is 1.40 bits per heavy atom. The highest BCUT2D eigenvalue weighted by atomic mass is 79.9. The van der Waals surface area contributed by atoms with Gasteiger partial charge in [-0.25, -0.2) is 9.97 Å². The van der Waals surface area contributed by atoms with E-state index >= 15 is 0 Å². The first-order valence-electron chi connectivity index (χ1n) is 6.64. The average Bonchev–Trinajstić information content (AvgIpc) is 2.82. The minimum Gasteiger partial charge on any atom is -0.352 e. The van der Waals surface area contributed by atoms with Crippen LogP contribution < -0.4 is 10.2 Å². The number of halogens is 1. The largest absolute Gasteiger partial charge is 0.352 e. The minimum absolute atomic E-state index is 0.733. The van der Waals surface area contributed by atoms with E-state index in [2.05, 4.69) is 49.1 Å². The van der Waals surface area contributed by atoms with Crippen molar-refractivity contribution in [3.05, 3.63) is 40.5 Å². The van der Waals surface area contributed by atoms with Gasteiger partial charge in [0.15, 0.2) is 0 Å². The summed E-state index contributed by atoms with van der Waals surface area (Å²) in [6, 6.07) is 2.11. The highest BCUT2D eigenvalue weighted by molar-refractivity contribution is 9.10. The van der Waals surface area contributed by atoms with Gasteiger partial charge in [0.05, 0.1) is 6.54 Å². The van der Waals surface area contributed by atoms with Crippen LogP contribution in [0.1, 0.15) is 18.3 Å². The fourth-order valence-electron chi connectivity index (χ4n) is 2.04. The Kier molecular flexibility index (Phi) is 5.14. The zero-order chi connectivity index (χ0) is 14.5. The standard InChI is InChI=1S/C14H20BrN5/c1-4-16-8-11-7-12(15)9-18-14(11)20(3)10-13-17-5-6-19(13)2/h5-7,9,16H,4,8,10H2,1-3H3. The molecule has 0 bridgehead atoms. The average molecular weight is 338 g/mol. The van der Waals surface area contributed by atoms with E-state index in [9.17, 15) is 0 Å². The van der Waals surface area contributed by atoms with Gasteiger partial charge in [0.1, 0.15) is 11.6 Å². The Balaban J connectivity index is 2.20. The first-order chi connectivity index (χ1) is 9.61. The third kappa shape index (κ3) is 3.58. The summed E-state index contributed by atoms with van der Waals surface area (Å²) in [6.45, 7) is 4.58. The van der Waals surface area contributed by atoms with Crippen molar-refractivity contribution in [1.29, 1.82) is 0 Å². The van der Waals surface area contributed by atoms with Crippen LogP contribution in [0.4, 0.5) is 5.82 Å². The molecule has 2 heterocycles. The van der Waals surface area contributed by atoms with E-state index in [1.807, 2.05) is 37.3 Å². The Hall–Kier alpha value is -1.40. The van der Waals surface area contributed by atoms with Crippen molar-refractivity contribution in [1.82, 2.24) is 19.9 Å². The maximum Gasteiger partial charge on any atom is 0.133 e. The van der Waals surface area contributed by atoms with E-state index in [0.717, 1.165) is 35.7 Å². The van der Waals surface area contributed by atoms with Crippen molar-refractivity contribution in [2.75, 3.05) is 18.5 Å². The molecule has 0 atom stereocenters. The molecule has 0 unspecified atom stereocenters. The molecule has 0 aliphatic heterocycles. The number of anilines is 1. The monoisotopic (exact) mass is 337 g/mol. The third-order valence-corrected chi connectivity index (χ3v) is 3.57. The van der Waals surface area contributed by atoms with E-state index in [1.54, 1.807) is 0 Å². The van der Waals surface area contributed by atoms with Gasteiger partial charge in [-0.15, -0.1) is 0 Å². The molecule has 108 valence electrons. The maximum absolute atomic E-state index is 4.54. The molecule has 20 heavy (non-hydrogen) atoms. The van der Waals surface area contributed by atoms with Crippen LogP contribution in [0.2, 0.25) is 0 Å². The Bertz CT molecular complexity index is 566. The van der Waals surface area contributed by atoms with E-state index in [1.165, 1.54) is 5.56 Å². The van der Waals surface area contributed by atoms with Gasteiger partial charge in [-0.3, -0.25) is 0 Å². The van der Waals surface area contributed by atoms with Crippen LogP contribution >= 0.6 is 15.9 Å². The molecule has 2 aromatic heterocycles. The number of nitrogens with zero attached hydrogens (tertiary/aromatic N) is 4. The van der Waals surface area contributed by atoms with Gasteiger partial charge in [-0.05, 0) is 28.5 Å². The summed E-state index contributed by atoms with van der Waals surface area (Å²) in [5.41, 5.74) is 1.18. The minimum atomic E-state index is 0.733. The molecule has 0 radical (unpaired) electrons. The van der Waals surface area contributed by atoms with Crippen molar-refractivity contribution in [3.8, 4) is 0 Å². The van der Waals surface area contributed by atoms with Gasteiger partial charge >= 0.3 is 0 Å². The molecule has 2 aromatic rings. The second-order valence-electron chi connectivity index (χ2n) is 4.73. The molecule has 0 saturated carbocycles. The molecule has 0 aliphatic rings. The van der Waals surface area contributed by atoms with Gasteiger partial charge in [0.2, 0.25) is 0 Å². The number of aromatic nitrogens is 3. The van der Waals surface area contributed by atoms with Crippen LogP contribution in [0.3, 0.4) is 0 Å². The van der Waals surface area contributed by atoms with Crippen molar-refractivity contribution in [2.45, 2.75) is 20.0 Å². The summed E-state index contributed by atoms with van der Waals surface area (Å²) in [6.07, 6.45) is 5.61. The molecule has 2 rings (SSSR count). The molecule has 6 heteroatoms. The molecule has 0 amide bonds. The highest BCUT2D eigenvalue weighted by Gasteiger charge is 2.12. The van der Waals surface area contributed by atoms with Gasteiger partial charge in [0.25, 0.3) is 0 Å². The first kappa shape index (κ1) is 15.0. The van der Waals surface area contributed by atoms with Crippen LogP contribution in [-0.2, 0) is 20.1 Å². The summed E-state index contributed by atoms with van der Waals surface area (Å²) in [5.74, 6) is 2.00. The number of hydrogen-bond donors (Lipinski definition) is 1. The molecule has 1 N–H and O–H groups in total. The second-order valence-corrected chi connectivity index (χ2v) is 5.64. The third-order valence-electron chi connectivity index (χ3n) is 3.14. The molecular weight excluding hydrogens is 318 g/mol. The number of nitrogens with one attached hydrogen (secondary N) is 1. The zero-order valence-corrected chi connectivity index (χ0v) is 13.7. The predicted molar refractivity (Wildman–Crippen MR) is 84.6 cm³/mol. The summed E-state index contributed by atoms with van der Waals surface area (Å²) in [5, 5.41) is 3.35. The number of pyridine rings is 1. The lowest BCUT2D eigenvalue weighted by Gasteiger charge is -2.21. The van der Waals surface area contributed by atoms with Crippen LogP contribution in [0.15, 0.2) is 29.1 Å². The Morgan fingerprint density at radius 2 is 2.20 bits per heavy atom. The maximum atomic E-state index is 4.54. The van der Waals surface area contributed by atoms with E-state index in [-0.39, 0.29) is 0 Å². The predicted octanol–water partition coefficient (Wildman–Crippen LogP) is 2.32. The summed E-state index contributed by atoms with van der Waals surface area (Å²) in [7, 11) is 4.05. The molecular formula is C14H20BrN5. The number of aryl methyl sites for hydroxylation is 1. The van der Waals surface area contributed by atoms with Gasteiger partial charge in [0, 0.05) is 49.3 Å². The van der Waals surface area contributed by atoms with Crippen LogP contribution in [0.5, 0.6) is 0 Å². The first-order valence-corrected chi connectivity index (χ1v) is 7.43. The second kappa shape index (κ2) is 6.85. The number of rotatable bonds is 6. The Morgan fingerprint density at radius 3 is 2.85 bits per heavy atom. The van der Waals surface area contributed by atoms with E-state index in [0.29, 0.717) is 0 Å². The van der Waals surface area contributed by atoms with Crippen molar-refractivity contribution in [3.63, 3.8) is 0 Å². The molecule has 0 aromatic carbocycles. The molecule has 5 nitrogen and oxygen atoms in total. The molecule has 0 fully saturated rings. The summed E-state index contributed by atoms with van der Waals surface area (Å²) >= 11 is 3.48. The fraction of sp³-hybridized carbons (Fsp3) is 0.429. The molecule has 0 spiro atoms. The quantitative estimate of drug-likeness (QED) is 0.878. The van der Waals surface area contributed by atoms with Gasteiger partial charge in [-0.1, -0.05) is 6.92 Å². The highest BCUT2D eigenvalue weighted by Crippen LogP contribution is 2.21. The smallest absolute Gasteiger partial charge is 0.133 e.